The lowest BCUT2D eigenvalue weighted by Gasteiger charge is -2.25. The molecule has 1 aliphatic heterocycles. The van der Waals surface area contributed by atoms with E-state index in [2.05, 4.69) is 15.6 Å². The number of carbonyl (C=O) groups is 2. The van der Waals surface area contributed by atoms with Gasteiger partial charge in [0.1, 0.15) is 11.2 Å². The molecule has 1 atom stereocenters. The first-order chi connectivity index (χ1) is 15.8. The van der Waals surface area contributed by atoms with Crippen LogP contribution in [0.15, 0.2) is 42.7 Å². The van der Waals surface area contributed by atoms with E-state index in [1.807, 2.05) is 49.8 Å². The van der Waals surface area contributed by atoms with Crippen molar-refractivity contribution in [2.24, 2.45) is 5.41 Å². The van der Waals surface area contributed by atoms with Gasteiger partial charge in [-0.15, -0.1) is 0 Å². The molecular weight excluding hydrogens is 418 g/mol. The van der Waals surface area contributed by atoms with E-state index >= 15 is 0 Å². The first-order valence-electron chi connectivity index (χ1n) is 11.4. The number of hydrogen-bond acceptors (Lipinski definition) is 6. The minimum atomic E-state index is -1.12. The number of fused-ring (bicyclic) bond motifs is 1. The Morgan fingerprint density at radius 2 is 1.67 bits per heavy atom. The second kappa shape index (κ2) is 10.8. The van der Waals surface area contributed by atoms with Crippen LogP contribution in [-0.2, 0) is 9.59 Å². The highest BCUT2D eigenvalue weighted by atomic mass is 16.5. The number of aromatic nitrogens is 1. The third kappa shape index (κ3) is 5.51. The predicted molar refractivity (Wildman–Crippen MR) is 131 cm³/mol. The number of anilines is 2. The Bertz CT molecular complexity index is 964. The van der Waals surface area contributed by atoms with Crippen molar-refractivity contribution in [2.75, 3.05) is 50.6 Å². The third-order valence-corrected chi connectivity index (χ3v) is 6.12. The fourth-order valence-electron chi connectivity index (χ4n) is 4.10. The van der Waals surface area contributed by atoms with Crippen LogP contribution in [0.25, 0.3) is 0 Å². The van der Waals surface area contributed by atoms with E-state index in [9.17, 15) is 9.59 Å². The van der Waals surface area contributed by atoms with Crippen LogP contribution in [0.2, 0.25) is 0 Å². The molecule has 1 aromatic carbocycles. The molecule has 8 nitrogen and oxygen atoms in total. The molecule has 1 aliphatic rings. The summed E-state index contributed by atoms with van der Waals surface area (Å²) in [6.45, 7) is 5.60. The molecule has 0 radical (unpaired) electrons. The van der Waals surface area contributed by atoms with Gasteiger partial charge in [0.2, 0.25) is 11.8 Å². The summed E-state index contributed by atoms with van der Waals surface area (Å²) < 4.78 is 5.98. The van der Waals surface area contributed by atoms with Crippen LogP contribution < -0.4 is 25.2 Å². The number of benzene rings is 1. The largest absolute Gasteiger partial charge is 0.493 e. The fourth-order valence-corrected chi connectivity index (χ4v) is 4.10. The van der Waals surface area contributed by atoms with Gasteiger partial charge in [-0.05, 0) is 76.7 Å². The summed E-state index contributed by atoms with van der Waals surface area (Å²) >= 11 is 0. The van der Waals surface area contributed by atoms with E-state index in [4.69, 9.17) is 4.74 Å². The second-order valence-electron chi connectivity index (χ2n) is 8.89. The third-order valence-electron chi connectivity index (χ3n) is 6.12. The Kier molecular flexibility index (Phi) is 8.05. The van der Waals surface area contributed by atoms with Gasteiger partial charge in [0.15, 0.2) is 0 Å². The van der Waals surface area contributed by atoms with Gasteiger partial charge in [-0.1, -0.05) is 0 Å². The smallest absolute Gasteiger partial charge is 0.241 e. The highest BCUT2D eigenvalue weighted by molar-refractivity contribution is 6.19. The van der Waals surface area contributed by atoms with Gasteiger partial charge in [-0.3, -0.25) is 14.6 Å². The molecular formula is C25H35N5O3. The average Bonchev–Trinajstić information content (AvgIpc) is 2.87. The van der Waals surface area contributed by atoms with Crippen LogP contribution in [0.1, 0.15) is 38.3 Å². The lowest BCUT2D eigenvalue weighted by atomic mass is 9.90. The molecule has 33 heavy (non-hydrogen) atoms. The molecule has 8 heteroatoms. The van der Waals surface area contributed by atoms with Crippen molar-refractivity contribution in [2.45, 2.75) is 32.7 Å². The fraction of sp³-hybridized carbons (Fsp3) is 0.480. The second-order valence-corrected chi connectivity index (χ2v) is 8.89. The van der Waals surface area contributed by atoms with Crippen molar-refractivity contribution in [1.82, 2.24) is 15.6 Å². The molecule has 3 rings (SSSR count). The molecule has 178 valence electrons. The van der Waals surface area contributed by atoms with Gasteiger partial charge in [0.25, 0.3) is 0 Å². The highest BCUT2D eigenvalue weighted by Crippen LogP contribution is 2.39. The van der Waals surface area contributed by atoms with Crippen molar-refractivity contribution in [3.63, 3.8) is 0 Å². The van der Waals surface area contributed by atoms with E-state index in [1.54, 1.807) is 37.7 Å². The van der Waals surface area contributed by atoms with Crippen molar-refractivity contribution in [3.05, 3.63) is 48.3 Å². The van der Waals surface area contributed by atoms with E-state index < -0.39 is 5.41 Å². The predicted octanol–water partition coefficient (Wildman–Crippen LogP) is 2.76. The van der Waals surface area contributed by atoms with Crippen LogP contribution in [0, 0.1) is 5.41 Å². The van der Waals surface area contributed by atoms with Gasteiger partial charge >= 0.3 is 0 Å². The number of nitrogens with zero attached hydrogens (tertiary/aromatic N) is 3. The number of carbonyl (C=O) groups excluding carboxylic acids is 2. The zero-order chi connectivity index (χ0) is 24.0. The molecule has 2 N–H and O–H groups in total. The molecule has 0 aliphatic carbocycles. The summed E-state index contributed by atoms with van der Waals surface area (Å²) in [5, 5.41) is 6.81. The van der Waals surface area contributed by atoms with Crippen molar-refractivity contribution in [1.29, 1.82) is 0 Å². The molecule has 0 saturated heterocycles. The van der Waals surface area contributed by atoms with E-state index in [-0.39, 0.29) is 17.9 Å². The first kappa shape index (κ1) is 24.7. The standard InChI is InChI=1S/C25H35N5O3/c1-25(2)23(31)29(4)21-8-7-19(17-22(21)30(5)24(25)32)33-16-6-12-28-20(11-13-26-3)18-9-14-27-15-10-18/h7-10,14-15,17,20,26,28H,6,11-13,16H2,1-5H3. The molecule has 2 aromatic rings. The summed E-state index contributed by atoms with van der Waals surface area (Å²) in [5.41, 5.74) is 1.47. The molecule has 0 spiro atoms. The van der Waals surface area contributed by atoms with E-state index in [0.717, 1.165) is 25.9 Å². The lowest BCUT2D eigenvalue weighted by molar-refractivity contribution is -0.137. The Hall–Kier alpha value is -2.97. The van der Waals surface area contributed by atoms with Crippen molar-refractivity contribution in [3.8, 4) is 5.75 Å². The summed E-state index contributed by atoms with van der Waals surface area (Å²) in [6.07, 6.45) is 5.45. The number of rotatable bonds is 10. The van der Waals surface area contributed by atoms with Gasteiger partial charge in [-0.25, -0.2) is 0 Å². The molecule has 0 fully saturated rings. The number of pyridine rings is 1. The maximum atomic E-state index is 12.9. The number of amides is 2. The van der Waals surface area contributed by atoms with Crippen LogP contribution in [0.5, 0.6) is 5.75 Å². The number of ether oxygens (including phenoxy) is 1. The summed E-state index contributed by atoms with van der Waals surface area (Å²) in [4.78, 5) is 32.8. The van der Waals surface area contributed by atoms with Crippen LogP contribution >= 0.6 is 0 Å². The first-order valence-corrected chi connectivity index (χ1v) is 11.4. The monoisotopic (exact) mass is 453 g/mol. The molecule has 2 amide bonds. The van der Waals surface area contributed by atoms with Crippen LogP contribution in [0.4, 0.5) is 11.4 Å². The zero-order valence-electron chi connectivity index (χ0n) is 20.2. The van der Waals surface area contributed by atoms with E-state index in [1.165, 1.54) is 5.56 Å². The summed E-state index contributed by atoms with van der Waals surface area (Å²) in [5.74, 6) is 0.220. The molecule has 2 heterocycles. The Balaban J connectivity index is 1.59. The zero-order valence-corrected chi connectivity index (χ0v) is 20.2. The molecule has 1 unspecified atom stereocenters. The van der Waals surface area contributed by atoms with Crippen molar-refractivity contribution >= 4 is 23.2 Å². The summed E-state index contributed by atoms with van der Waals surface area (Å²) in [6, 6.07) is 9.85. The summed E-state index contributed by atoms with van der Waals surface area (Å²) in [7, 11) is 5.36. The number of hydrogen-bond donors (Lipinski definition) is 2. The van der Waals surface area contributed by atoms with Crippen molar-refractivity contribution < 1.29 is 14.3 Å². The van der Waals surface area contributed by atoms with Gasteiger partial charge in [0, 0.05) is 38.6 Å². The van der Waals surface area contributed by atoms with Gasteiger partial charge in [-0.2, -0.15) is 0 Å². The lowest BCUT2D eigenvalue weighted by Crippen LogP contribution is -2.46. The quantitative estimate of drug-likeness (QED) is 0.425. The normalized spacial score (nSPS) is 16.4. The Morgan fingerprint density at radius 1 is 1.00 bits per heavy atom. The minimum Gasteiger partial charge on any atom is -0.493 e. The minimum absolute atomic E-state index is 0.222. The van der Waals surface area contributed by atoms with Gasteiger partial charge in [0.05, 0.1) is 18.0 Å². The average molecular weight is 454 g/mol. The van der Waals surface area contributed by atoms with Crippen LogP contribution in [-0.4, -0.2) is 57.6 Å². The Morgan fingerprint density at radius 3 is 2.33 bits per heavy atom. The maximum absolute atomic E-state index is 12.9. The molecule has 0 saturated carbocycles. The topological polar surface area (TPSA) is 86.8 Å². The van der Waals surface area contributed by atoms with Crippen LogP contribution in [0.3, 0.4) is 0 Å². The highest BCUT2D eigenvalue weighted by Gasteiger charge is 2.44. The van der Waals surface area contributed by atoms with E-state index in [0.29, 0.717) is 23.7 Å². The van der Waals surface area contributed by atoms with Gasteiger partial charge < -0.3 is 25.2 Å². The number of nitrogens with one attached hydrogen (secondary N) is 2. The molecule has 0 bridgehead atoms. The Labute approximate surface area is 196 Å². The SMILES string of the molecule is CNCCC(NCCCOc1ccc2c(c1)N(C)C(=O)C(C)(C)C(=O)N2C)c1ccncc1. The maximum Gasteiger partial charge on any atom is 0.241 e. The molecule has 1 aromatic heterocycles.